The van der Waals surface area contributed by atoms with Crippen LogP contribution in [0.15, 0.2) is 0 Å². The zero-order valence-electron chi connectivity index (χ0n) is 9.59. The minimum absolute atomic E-state index is 0.147. The van der Waals surface area contributed by atoms with Gasteiger partial charge in [0.25, 0.3) is 0 Å². The molecule has 0 aromatic rings. The standard InChI is InChI=1S/C10H18F3N3O/c11-10(12,13)7-15-9(17)16-5-3-1-2-4-8(16)6-14/h8H,1-7,14H2,(H,15,17). The van der Waals surface area contributed by atoms with E-state index in [1.807, 2.05) is 5.32 Å². The van der Waals surface area contributed by atoms with Gasteiger partial charge in [-0.25, -0.2) is 4.79 Å². The maximum Gasteiger partial charge on any atom is 0.405 e. The van der Waals surface area contributed by atoms with Crippen LogP contribution < -0.4 is 11.1 Å². The lowest BCUT2D eigenvalue weighted by atomic mass is 10.1. The van der Waals surface area contributed by atoms with Gasteiger partial charge in [0, 0.05) is 19.1 Å². The van der Waals surface area contributed by atoms with E-state index in [0.29, 0.717) is 13.1 Å². The third kappa shape index (κ3) is 4.80. The summed E-state index contributed by atoms with van der Waals surface area (Å²) in [6.45, 7) is -0.523. The predicted octanol–water partition coefficient (Wildman–Crippen LogP) is 1.46. The Morgan fingerprint density at radius 3 is 2.65 bits per heavy atom. The Bertz CT molecular complexity index is 258. The van der Waals surface area contributed by atoms with Crippen LogP contribution in [-0.2, 0) is 0 Å². The topological polar surface area (TPSA) is 58.4 Å². The fraction of sp³-hybridized carbons (Fsp3) is 0.900. The molecule has 100 valence electrons. The number of rotatable bonds is 2. The number of alkyl halides is 3. The van der Waals surface area contributed by atoms with Crippen molar-refractivity contribution in [2.75, 3.05) is 19.6 Å². The van der Waals surface area contributed by atoms with Crippen molar-refractivity contribution < 1.29 is 18.0 Å². The van der Waals surface area contributed by atoms with Crippen molar-refractivity contribution in [1.82, 2.24) is 10.2 Å². The van der Waals surface area contributed by atoms with Gasteiger partial charge >= 0.3 is 12.2 Å². The highest BCUT2D eigenvalue weighted by Gasteiger charge is 2.30. The van der Waals surface area contributed by atoms with Crippen molar-refractivity contribution in [3.63, 3.8) is 0 Å². The van der Waals surface area contributed by atoms with Crippen LogP contribution in [0.4, 0.5) is 18.0 Å². The van der Waals surface area contributed by atoms with E-state index in [1.54, 1.807) is 0 Å². The maximum atomic E-state index is 12.0. The number of hydrogen-bond donors (Lipinski definition) is 2. The molecule has 17 heavy (non-hydrogen) atoms. The predicted molar refractivity (Wildman–Crippen MR) is 57.5 cm³/mol. The number of amides is 2. The van der Waals surface area contributed by atoms with E-state index in [9.17, 15) is 18.0 Å². The summed E-state index contributed by atoms with van der Waals surface area (Å²) in [6.07, 6.45) is -0.851. The lowest BCUT2D eigenvalue weighted by molar-refractivity contribution is -0.123. The van der Waals surface area contributed by atoms with Crippen LogP contribution in [0.1, 0.15) is 25.7 Å². The number of carbonyl (C=O) groups excluding carboxylic acids is 1. The third-order valence-electron chi connectivity index (χ3n) is 2.85. The van der Waals surface area contributed by atoms with Gasteiger partial charge in [0.1, 0.15) is 6.54 Å². The van der Waals surface area contributed by atoms with Crippen LogP contribution in [0.2, 0.25) is 0 Å². The molecule has 0 aliphatic carbocycles. The molecule has 0 radical (unpaired) electrons. The first-order chi connectivity index (χ1) is 7.94. The second-order valence-corrected chi connectivity index (χ2v) is 4.21. The molecule has 2 amide bonds. The van der Waals surface area contributed by atoms with Crippen LogP contribution in [0.5, 0.6) is 0 Å². The molecule has 1 unspecified atom stereocenters. The molecular formula is C10H18F3N3O. The Morgan fingerprint density at radius 1 is 1.35 bits per heavy atom. The number of nitrogens with two attached hydrogens (primary N) is 1. The number of nitrogens with one attached hydrogen (secondary N) is 1. The zero-order valence-corrected chi connectivity index (χ0v) is 9.59. The van der Waals surface area contributed by atoms with Crippen LogP contribution in [0, 0.1) is 0 Å². The van der Waals surface area contributed by atoms with Gasteiger partial charge in [-0.2, -0.15) is 13.2 Å². The van der Waals surface area contributed by atoms with E-state index in [4.69, 9.17) is 5.73 Å². The Labute approximate surface area is 98.3 Å². The van der Waals surface area contributed by atoms with Crippen LogP contribution >= 0.6 is 0 Å². The number of hydrogen-bond acceptors (Lipinski definition) is 2. The van der Waals surface area contributed by atoms with Gasteiger partial charge in [-0.05, 0) is 12.8 Å². The minimum Gasteiger partial charge on any atom is -0.329 e. The summed E-state index contributed by atoms with van der Waals surface area (Å²) in [5.41, 5.74) is 5.54. The van der Waals surface area contributed by atoms with Gasteiger partial charge < -0.3 is 16.0 Å². The van der Waals surface area contributed by atoms with Crippen molar-refractivity contribution in [3.8, 4) is 0 Å². The molecule has 0 saturated carbocycles. The molecule has 1 aliphatic rings. The summed E-state index contributed by atoms with van der Waals surface area (Å²) in [5.74, 6) is 0. The summed E-state index contributed by atoms with van der Waals surface area (Å²) in [5, 5.41) is 1.89. The molecule has 1 aliphatic heterocycles. The first-order valence-electron chi connectivity index (χ1n) is 5.75. The zero-order chi connectivity index (χ0) is 12.9. The summed E-state index contributed by atoms with van der Waals surface area (Å²) < 4.78 is 36.0. The number of nitrogens with zero attached hydrogens (tertiary/aromatic N) is 1. The van der Waals surface area contributed by atoms with Gasteiger partial charge in [0.15, 0.2) is 0 Å². The van der Waals surface area contributed by atoms with Crippen molar-refractivity contribution in [1.29, 1.82) is 0 Å². The Hall–Kier alpha value is -0.980. The lowest BCUT2D eigenvalue weighted by Crippen LogP contribution is -2.50. The first-order valence-corrected chi connectivity index (χ1v) is 5.75. The number of likely N-dealkylation sites (tertiary alicyclic amines) is 1. The van der Waals surface area contributed by atoms with E-state index in [-0.39, 0.29) is 6.04 Å². The SMILES string of the molecule is NCC1CCCCCN1C(=O)NCC(F)(F)F. The minimum atomic E-state index is -4.38. The van der Waals surface area contributed by atoms with Crippen LogP contribution in [-0.4, -0.2) is 42.8 Å². The molecule has 4 nitrogen and oxygen atoms in total. The molecule has 0 spiro atoms. The fourth-order valence-corrected chi connectivity index (χ4v) is 1.97. The third-order valence-corrected chi connectivity index (χ3v) is 2.85. The molecule has 1 saturated heterocycles. The average molecular weight is 253 g/mol. The highest BCUT2D eigenvalue weighted by Crippen LogP contribution is 2.17. The van der Waals surface area contributed by atoms with Gasteiger partial charge in [-0.15, -0.1) is 0 Å². The summed E-state index contributed by atoms with van der Waals surface area (Å²) in [4.78, 5) is 13.1. The highest BCUT2D eigenvalue weighted by molar-refractivity contribution is 5.74. The molecule has 0 aromatic heterocycles. The monoisotopic (exact) mass is 253 g/mol. The van der Waals surface area contributed by atoms with Gasteiger partial charge in [-0.3, -0.25) is 0 Å². The largest absolute Gasteiger partial charge is 0.405 e. The molecule has 1 atom stereocenters. The van der Waals surface area contributed by atoms with Crippen LogP contribution in [0.25, 0.3) is 0 Å². The van der Waals surface area contributed by atoms with Crippen molar-refractivity contribution in [2.24, 2.45) is 5.73 Å². The molecule has 1 heterocycles. The fourth-order valence-electron chi connectivity index (χ4n) is 1.97. The smallest absolute Gasteiger partial charge is 0.329 e. The average Bonchev–Trinajstić information content (AvgIpc) is 2.49. The molecule has 0 aromatic carbocycles. The Morgan fingerprint density at radius 2 is 2.06 bits per heavy atom. The van der Waals surface area contributed by atoms with E-state index >= 15 is 0 Å². The molecule has 7 heteroatoms. The number of carbonyl (C=O) groups is 1. The second kappa shape index (κ2) is 6.09. The van der Waals surface area contributed by atoms with E-state index < -0.39 is 18.8 Å². The first kappa shape index (κ1) is 14.1. The van der Waals surface area contributed by atoms with Crippen molar-refractivity contribution in [3.05, 3.63) is 0 Å². The quantitative estimate of drug-likeness (QED) is 0.782. The maximum absolute atomic E-state index is 12.0. The molecule has 1 rings (SSSR count). The van der Waals surface area contributed by atoms with E-state index in [2.05, 4.69) is 0 Å². The van der Waals surface area contributed by atoms with Gasteiger partial charge in [0.2, 0.25) is 0 Å². The lowest BCUT2D eigenvalue weighted by Gasteiger charge is -2.29. The summed E-state index contributed by atoms with van der Waals surface area (Å²) in [6, 6.07) is -0.814. The Balaban J connectivity index is 2.52. The second-order valence-electron chi connectivity index (χ2n) is 4.21. The highest BCUT2D eigenvalue weighted by atomic mass is 19.4. The van der Waals surface area contributed by atoms with E-state index in [0.717, 1.165) is 25.7 Å². The molecule has 3 N–H and O–H groups in total. The molecular weight excluding hydrogens is 235 g/mol. The van der Waals surface area contributed by atoms with Gasteiger partial charge in [0.05, 0.1) is 0 Å². The summed E-state index contributed by atoms with van der Waals surface area (Å²) >= 11 is 0. The van der Waals surface area contributed by atoms with E-state index in [1.165, 1.54) is 4.90 Å². The van der Waals surface area contributed by atoms with Crippen molar-refractivity contribution in [2.45, 2.75) is 37.9 Å². The molecule has 1 fully saturated rings. The van der Waals surface area contributed by atoms with Crippen molar-refractivity contribution >= 4 is 6.03 Å². The Kier molecular flexibility index (Phi) is 5.04. The normalized spacial score (nSPS) is 22.1. The van der Waals surface area contributed by atoms with Crippen LogP contribution in [0.3, 0.4) is 0 Å². The summed E-state index contributed by atoms with van der Waals surface area (Å²) in [7, 11) is 0. The molecule has 0 bridgehead atoms. The number of urea groups is 1. The number of halogens is 3. The van der Waals surface area contributed by atoms with Gasteiger partial charge in [-0.1, -0.05) is 12.8 Å².